The minimum atomic E-state index is -3.34. The van der Waals surface area contributed by atoms with Crippen molar-refractivity contribution in [2.45, 2.75) is 19.4 Å². The predicted octanol–water partition coefficient (Wildman–Crippen LogP) is 1.62. The van der Waals surface area contributed by atoms with Crippen LogP contribution in [0.15, 0.2) is 0 Å². The Balaban J connectivity index is 4.18. The number of nitrogens with two attached hydrogens (primary N) is 1. The third-order valence-corrected chi connectivity index (χ3v) is 3.97. The Morgan fingerprint density at radius 1 is 1.44 bits per heavy atom. The fourth-order valence-corrected chi connectivity index (χ4v) is 2.95. The van der Waals surface area contributed by atoms with Crippen molar-refractivity contribution in [3.8, 4) is 0 Å². The molecule has 0 fully saturated rings. The standard InChI is InChI=1S/C8H19Cl2N2O3P/c1-8(13)2-7-15-16(11,14)12(5-3-9)6-4-10/h8,13H,2-7H2,1H3,(H2,11,14). The normalized spacial score (nSPS) is 17.4. The van der Waals surface area contributed by atoms with E-state index in [4.69, 9.17) is 38.3 Å². The van der Waals surface area contributed by atoms with E-state index in [0.717, 1.165) is 0 Å². The molecule has 0 saturated carbocycles. The lowest BCUT2D eigenvalue weighted by Gasteiger charge is -2.26. The number of aliphatic hydroxyl groups is 1. The fourth-order valence-electron chi connectivity index (χ4n) is 1.02. The molecule has 0 rings (SSSR count). The van der Waals surface area contributed by atoms with Gasteiger partial charge < -0.3 is 9.63 Å². The second kappa shape index (κ2) is 8.70. The smallest absolute Gasteiger partial charge is 0.340 e. The van der Waals surface area contributed by atoms with Crippen molar-refractivity contribution >= 4 is 30.9 Å². The molecule has 2 atom stereocenters. The lowest BCUT2D eigenvalue weighted by Crippen LogP contribution is -2.30. The van der Waals surface area contributed by atoms with Crippen LogP contribution in [0.3, 0.4) is 0 Å². The van der Waals surface area contributed by atoms with E-state index in [-0.39, 0.29) is 6.61 Å². The van der Waals surface area contributed by atoms with Crippen LogP contribution < -0.4 is 5.50 Å². The average molecular weight is 293 g/mol. The summed E-state index contributed by atoms with van der Waals surface area (Å²) in [6.07, 6.45) is -0.119. The van der Waals surface area contributed by atoms with Crippen LogP contribution in [0.25, 0.3) is 0 Å². The molecular formula is C8H19Cl2N2O3P. The van der Waals surface area contributed by atoms with Gasteiger partial charge in [0.2, 0.25) is 0 Å². The van der Waals surface area contributed by atoms with Gasteiger partial charge in [-0.1, -0.05) is 0 Å². The summed E-state index contributed by atoms with van der Waals surface area (Å²) in [5.41, 5.74) is 5.58. The summed E-state index contributed by atoms with van der Waals surface area (Å²) in [6.45, 7) is 2.49. The molecule has 0 amide bonds. The molecule has 0 heterocycles. The van der Waals surface area contributed by atoms with E-state index in [1.54, 1.807) is 6.92 Å². The number of alkyl halides is 2. The van der Waals surface area contributed by atoms with E-state index >= 15 is 0 Å². The molecule has 0 saturated heterocycles. The molecular weight excluding hydrogens is 274 g/mol. The van der Waals surface area contributed by atoms with Crippen molar-refractivity contribution in [3.05, 3.63) is 0 Å². The van der Waals surface area contributed by atoms with Crippen LogP contribution in [0.5, 0.6) is 0 Å². The van der Waals surface area contributed by atoms with Gasteiger partial charge in [0.15, 0.2) is 0 Å². The average Bonchev–Trinajstić information content (AvgIpc) is 2.16. The maximum Gasteiger partial charge on any atom is 0.340 e. The third-order valence-electron chi connectivity index (χ3n) is 1.89. The zero-order valence-electron chi connectivity index (χ0n) is 9.31. The van der Waals surface area contributed by atoms with E-state index in [1.807, 2.05) is 0 Å². The third kappa shape index (κ3) is 7.07. The van der Waals surface area contributed by atoms with Gasteiger partial charge in [-0.15, -0.1) is 23.2 Å². The molecule has 3 N–H and O–H groups in total. The molecule has 5 nitrogen and oxygen atoms in total. The molecule has 0 aromatic rings. The molecule has 0 aliphatic heterocycles. The minimum Gasteiger partial charge on any atom is -0.393 e. The Morgan fingerprint density at radius 2 is 1.94 bits per heavy atom. The molecule has 0 aromatic heterocycles. The first-order valence-electron chi connectivity index (χ1n) is 5.02. The number of hydrogen-bond donors (Lipinski definition) is 2. The molecule has 0 aliphatic rings. The summed E-state index contributed by atoms with van der Waals surface area (Å²) in [5, 5.41) is 9.03. The molecule has 0 spiro atoms. The minimum absolute atomic E-state index is 0.145. The summed E-state index contributed by atoms with van der Waals surface area (Å²) in [5.74, 6) is 0.607. The van der Waals surface area contributed by atoms with Crippen LogP contribution in [0.2, 0.25) is 0 Å². The zero-order valence-corrected chi connectivity index (χ0v) is 11.7. The Hall–Kier alpha value is 0.650. The van der Waals surface area contributed by atoms with Crippen LogP contribution in [0, 0.1) is 0 Å². The Bertz CT molecular complexity index is 225. The van der Waals surface area contributed by atoms with Gasteiger partial charge in [-0.05, 0) is 13.3 Å². The number of halogens is 2. The highest BCUT2D eigenvalue weighted by Crippen LogP contribution is 2.42. The molecule has 2 unspecified atom stereocenters. The summed E-state index contributed by atoms with van der Waals surface area (Å²) >= 11 is 11.1. The first kappa shape index (κ1) is 16.6. The highest BCUT2D eigenvalue weighted by molar-refractivity contribution is 7.53. The predicted molar refractivity (Wildman–Crippen MR) is 67.1 cm³/mol. The van der Waals surface area contributed by atoms with Gasteiger partial charge in [0, 0.05) is 24.8 Å². The monoisotopic (exact) mass is 292 g/mol. The molecule has 0 bridgehead atoms. The van der Waals surface area contributed by atoms with Crippen molar-refractivity contribution in [2.24, 2.45) is 5.50 Å². The van der Waals surface area contributed by atoms with Gasteiger partial charge in [-0.2, -0.15) is 0 Å². The molecule has 98 valence electrons. The summed E-state index contributed by atoms with van der Waals surface area (Å²) in [7, 11) is -3.34. The Kier molecular flexibility index (Phi) is 9.05. The molecule has 16 heavy (non-hydrogen) atoms. The maximum absolute atomic E-state index is 12.0. The second-order valence-corrected chi connectivity index (χ2v) is 6.07. The highest BCUT2D eigenvalue weighted by Gasteiger charge is 2.26. The maximum atomic E-state index is 12.0. The number of hydrogen-bond acceptors (Lipinski definition) is 3. The van der Waals surface area contributed by atoms with Crippen molar-refractivity contribution < 1.29 is 14.2 Å². The van der Waals surface area contributed by atoms with Crippen molar-refractivity contribution in [1.82, 2.24) is 4.67 Å². The topological polar surface area (TPSA) is 75.8 Å². The molecule has 0 aliphatic carbocycles. The molecule has 0 radical (unpaired) electrons. The zero-order chi connectivity index (χ0) is 12.6. The number of rotatable bonds is 9. The number of aliphatic hydroxyl groups excluding tert-OH is 1. The van der Waals surface area contributed by atoms with Gasteiger partial charge in [0.25, 0.3) is 0 Å². The second-order valence-electron chi connectivity index (χ2n) is 3.37. The first-order chi connectivity index (χ1) is 7.44. The SMILES string of the molecule is CC(O)CCOP(N)(=O)N(CCCl)CCCl. The van der Waals surface area contributed by atoms with Gasteiger partial charge in [-0.3, -0.25) is 4.57 Å². The van der Waals surface area contributed by atoms with Gasteiger partial charge in [0.05, 0.1) is 12.7 Å². The van der Waals surface area contributed by atoms with E-state index in [1.165, 1.54) is 4.67 Å². The van der Waals surface area contributed by atoms with Gasteiger partial charge in [-0.25, -0.2) is 10.2 Å². The first-order valence-corrected chi connectivity index (χ1v) is 7.74. The quantitative estimate of drug-likeness (QED) is 0.499. The largest absolute Gasteiger partial charge is 0.393 e. The number of nitrogens with zero attached hydrogens (tertiary/aromatic N) is 1. The Labute approximate surface area is 106 Å². The van der Waals surface area contributed by atoms with Crippen molar-refractivity contribution in [2.75, 3.05) is 31.5 Å². The van der Waals surface area contributed by atoms with E-state index < -0.39 is 13.8 Å². The molecule has 8 heteroatoms. The van der Waals surface area contributed by atoms with Crippen LogP contribution in [0.4, 0.5) is 0 Å². The highest BCUT2D eigenvalue weighted by atomic mass is 35.5. The van der Waals surface area contributed by atoms with Crippen molar-refractivity contribution in [3.63, 3.8) is 0 Å². The van der Waals surface area contributed by atoms with Gasteiger partial charge in [0.1, 0.15) is 0 Å². The van der Waals surface area contributed by atoms with Gasteiger partial charge >= 0.3 is 7.67 Å². The van der Waals surface area contributed by atoms with Crippen molar-refractivity contribution in [1.29, 1.82) is 0 Å². The molecule has 0 aromatic carbocycles. The van der Waals surface area contributed by atoms with E-state index in [2.05, 4.69) is 0 Å². The summed E-state index contributed by atoms with van der Waals surface area (Å²) in [4.78, 5) is 0. The summed E-state index contributed by atoms with van der Waals surface area (Å²) < 4.78 is 18.5. The Morgan fingerprint density at radius 3 is 2.31 bits per heavy atom. The summed E-state index contributed by atoms with van der Waals surface area (Å²) in [6, 6.07) is 0. The van der Waals surface area contributed by atoms with E-state index in [0.29, 0.717) is 31.3 Å². The van der Waals surface area contributed by atoms with Crippen LogP contribution in [0.1, 0.15) is 13.3 Å². The van der Waals surface area contributed by atoms with Crippen LogP contribution in [-0.4, -0.2) is 47.3 Å². The van der Waals surface area contributed by atoms with Crippen LogP contribution >= 0.6 is 30.9 Å². The lowest BCUT2D eigenvalue weighted by molar-refractivity contribution is 0.151. The van der Waals surface area contributed by atoms with Crippen LogP contribution in [-0.2, 0) is 9.09 Å². The van der Waals surface area contributed by atoms with E-state index in [9.17, 15) is 4.57 Å². The fraction of sp³-hybridized carbons (Fsp3) is 1.00. The lowest BCUT2D eigenvalue weighted by atomic mass is 10.3.